The molecule has 0 spiro atoms. The number of benzene rings is 1. The molecule has 1 saturated heterocycles. The second-order valence-corrected chi connectivity index (χ2v) is 5.04. The fourth-order valence-corrected chi connectivity index (χ4v) is 2.42. The van der Waals surface area contributed by atoms with Crippen LogP contribution in [0.3, 0.4) is 0 Å². The van der Waals surface area contributed by atoms with Crippen LogP contribution < -0.4 is 5.32 Å². The molecule has 0 aromatic heterocycles. The van der Waals surface area contributed by atoms with Crippen molar-refractivity contribution in [3.05, 3.63) is 34.9 Å². The summed E-state index contributed by atoms with van der Waals surface area (Å²) in [6.45, 7) is 1.85. The molecule has 0 saturated carbocycles. The smallest absolute Gasteiger partial charge is 0.0675 e. The molecule has 0 bridgehead atoms. The highest BCUT2D eigenvalue weighted by molar-refractivity contribution is 6.30. The van der Waals surface area contributed by atoms with Crippen LogP contribution >= 0.6 is 11.6 Å². The highest BCUT2D eigenvalue weighted by Gasteiger charge is 2.28. The minimum atomic E-state index is -0.479. The zero-order chi connectivity index (χ0) is 11.4. The molecule has 0 radical (unpaired) electrons. The van der Waals surface area contributed by atoms with Gasteiger partial charge in [0.05, 0.1) is 5.60 Å². The third-order valence-corrected chi connectivity index (χ3v) is 3.54. The van der Waals surface area contributed by atoms with Gasteiger partial charge in [-0.05, 0) is 56.5 Å². The van der Waals surface area contributed by atoms with Crippen LogP contribution in [0.2, 0.25) is 5.02 Å². The van der Waals surface area contributed by atoms with Crippen LogP contribution in [0.4, 0.5) is 0 Å². The molecule has 1 aromatic carbocycles. The molecule has 2 nitrogen and oxygen atoms in total. The molecule has 0 unspecified atom stereocenters. The molecule has 2 N–H and O–H groups in total. The minimum absolute atomic E-state index is 0.479. The fourth-order valence-electron chi connectivity index (χ4n) is 2.21. The van der Waals surface area contributed by atoms with E-state index in [1.807, 2.05) is 18.2 Å². The molecule has 0 aliphatic carbocycles. The van der Waals surface area contributed by atoms with Crippen molar-refractivity contribution in [2.45, 2.75) is 31.3 Å². The van der Waals surface area contributed by atoms with Crippen molar-refractivity contribution in [2.75, 3.05) is 13.1 Å². The largest absolute Gasteiger partial charge is 0.390 e. The van der Waals surface area contributed by atoms with Crippen LogP contribution in [0.5, 0.6) is 0 Å². The molecule has 0 amide bonds. The second kappa shape index (κ2) is 5.17. The van der Waals surface area contributed by atoms with Gasteiger partial charge < -0.3 is 10.4 Å². The Balaban J connectivity index is 1.91. The number of aliphatic hydroxyl groups is 1. The van der Waals surface area contributed by atoms with Crippen LogP contribution in [0, 0.1) is 0 Å². The highest BCUT2D eigenvalue weighted by atomic mass is 35.5. The zero-order valence-electron chi connectivity index (χ0n) is 9.38. The summed E-state index contributed by atoms with van der Waals surface area (Å²) in [6, 6.07) is 7.89. The lowest BCUT2D eigenvalue weighted by Crippen LogP contribution is -2.42. The Morgan fingerprint density at radius 2 is 2.06 bits per heavy atom. The van der Waals surface area contributed by atoms with Crippen molar-refractivity contribution in [3.8, 4) is 0 Å². The third-order valence-electron chi connectivity index (χ3n) is 3.30. The molecule has 1 aliphatic rings. The summed E-state index contributed by atoms with van der Waals surface area (Å²) < 4.78 is 0. The van der Waals surface area contributed by atoms with E-state index in [1.165, 1.54) is 5.56 Å². The van der Waals surface area contributed by atoms with Crippen molar-refractivity contribution < 1.29 is 5.11 Å². The van der Waals surface area contributed by atoms with E-state index in [4.69, 9.17) is 11.6 Å². The summed E-state index contributed by atoms with van der Waals surface area (Å²) in [5, 5.41) is 14.4. The van der Waals surface area contributed by atoms with Gasteiger partial charge in [0.1, 0.15) is 0 Å². The molecular weight excluding hydrogens is 222 g/mol. The van der Waals surface area contributed by atoms with E-state index in [0.717, 1.165) is 43.8 Å². The molecule has 2 rings (SSSR count). The summed E-state index contributed by atoms with van der Waals surface area (Å²) in [6.07, 6.45) is 3.44. The lowest BCUT2D eigenvalue weighted by Gasteiger charge is -2.32. The van der Waals surface area contributed by atoms with E-state index in [1.54, 1.807) is 0 Å². The molecule has 1 aromatic rings. The maximum Gasteiger partial charge on any atom is 0.0675 e. The Labute approximate surface area is 102 Å². The number of hydrogen-bond donors (Lipinski definition) is 2. The van der Waals surface area contributed by atoms with Gasteiger partial charge in [-0.2, -0.15) is 0 Å². The van der Waals surface area contributed by atoms with Crippen molar-refractivity contribution in [1.29, 1.82) is 0 Å². The summed E-state index contributed by atoms with van der Waals surface area (Å²) in [5.41, 5.74) is 0.729. The standard InChI is InChI=1S/C13H18ClNO/c14-12-3-1-2-11(10-12)4-5-13(16)6-8-15-9-7-13/h1-3,10,15-16H,4-9H2. The van der Waals surface area contributed by atoms with Gasteiger partial charge in [0.25, 0.3) is 0 Å². The van der Waals surface area contributed by atoms with Crippen LogP contribution in [0.25, 0.3) is 0 Å². The van der Waals surface area contributed by atoms with Gasteiger partial charge in [-0.3, -0.25) is 0 Å². The van der Waals surface area contributed by atoms with Gasteiger partial charge in [0.2, 0.25) is 0 Å². The van der Waals surface area contributed by atoms with Gasteiger partial charge in [-0.25, -0.2) is 0 Å². The van der Waals surface area contributed by atoms with E-state index in [0.29, 0.717) is 0 Å². The summed E-state index contributed by atoms with van der Waals surface area (Å²) in [7, 11) is 0. The first-order chi connectivity index (χ1) is 7.68. The van der Waals surface area contributed by atoms with E-state index in [-0.39, 0.29) is 0 Å². The van der Waals surface area contributed by atoms with Crippen LogP contribution in [-0.4, -0.2) is 23.8 Å². The number of nitrogens with one attached hydrogen (secondary N) is 1. The topological polar surface area (TPSA) is 32.3 Å². The zero-order valence-corrected chi connectivity index (χ0v) is 10.1. The number of piperidine rings is 1. The molecule has 1 fully saturated rings. The average Bonchev–Trinajstić information content (AvgIpc) is 2.28. The van der Waals surface area contributed by atoms with Crippen molar-refractivity contribution in [3.63, 3.8) is 0 Å². The summed E-state index contributed by atoms with van der Waals surface area (Å²) in [5.74, 6) is 0. The molecule has 1 heterocycles. The van der Waals surface area contributed by atoms with E-state index < -0.39 is 5.60 Å². The van der Waals surface area contributed by atoms with E-state index in [9.17, 15) is 5.11 Å². The Bertz CT molecular complexity index is 348. The van der Waals surface area contributed by atoms with Crippen LogP contribution in [-0.2, 0) is 6.42 Å². The minimum Gasteiger partial charge on any atom is -0.390 e. The Morgan fingerprint density at radius 1 is 1.31 bits per heavy atom. The molecular formula is C13H18ClNO. The fraction of sp³-hybridized carbons (Fsp3) is 0.538. The summed E-state index contributed by atoms with van der Waals surface area (Å²) >= 11 is 5.93. The SMILES string of the molecule is OC1(CCc2cccc(Cl)c2)CCNCC1. The van der Waals surface area contributed by atoms with E-state index in [2.05, 4.69) is 11.4 Å². The monoisotopic (exact) mass is 239 g/mol. The van der Waals surface area contributed by atoms with Gasteiger partial charge in [0, 0.05) is 5.02 Å². The number of rotatable bonds is 3. The quantitative estimate of drug-likeness (QED) is 0.849. The van der Waals surface area contributed by atoms with Gasteiger partial charge >= 0.3 is 0 Å². The molecule has 3 heteroatoms. The Kier molecular flexibility index (Phi) is 3.85. The van der Waals surface area contributed by atoms with Crippen LogP contribution in [0.15, 0.2) is 24.3 Å². The van der Waals surface area contributed by atoms with E-state index >= 15 is 0 Å². The van der Waals surface area contributed by atoms with Gasteiger partial charge in [-0.1, -0.05) is 23.7 Å². The second-order valence-electron chi connectivity index (χ2n) is 4.60. The first kappa shape index (κ1) is 11.9. The lowest BCUT2D eigenvalue weighted by atomic mass is 9.86. The molecule has 16 heavy (non-hydrogen) atoms. The number of hydrogen-bond acceptors (Lipinski definition) is 2. The predicted octanol–water partition coefficient (Wildman–Crippen LogP) is 2.39. The molecule has 0 atom stereocenters. The Hall–Kier alpha value is -0.570. The average molecular weight is 240 g/mol. The highest BCUT2D eigenvalue weighted by Crippen LogP contribution is 2.24. The summed E-state index contributed by atoms with van der Waals surface area (Å²) in [4.78, 5) is 0. The first-order valence-electron chi connectivity index (χ1n) is 5.86. The maximum atomic E-state index is 10.3. The number of halogens is 1. The lowest BCUT2D eigenvalue weighted by molar-refractivity contribution is 0.00281. The van der Waals surface area contributed by atoms with Gasteiger partial charge in [-0.15, -0.1) is 0 Å². The van der Waals surface area contributed by atoms with Crippen molar-refractivity contribution in [1.82, 2.24) is 5.32 Å². The maximum absolute atomic E-state index is 10.3. The number of aryl methyl sites for hydroxylation is 1. The van der Waals surface area contributed by atoms with Crippen molar-refractivity contribution >= 4 is 11.6 Å². The van der Waals surface area contributed by atoms with Crippen molar-refractivity contribution in [2.24, 2.45) is 0 Å². The third kappa shape index (κ3) is 3.21. The van der Waals surface area contributed by atoms with Gasteiger partial charge in [0.15, 0.2) is 0 Å². The predicted molar refractivity (Wildman–Crippen MR) is 66.8 cm³/mol. The first-order valence-corrected chi connectivity index (χ1v) is 6.23. The molecule has 88 valence electrons. The normalized spacial score (nSPS) is 19.6. The van der Waals surface area contributed by atoms with Crippen LogP contribution in [0.1, 0.15) is 24.8 Å². The molecule has 1 aliphatic heterocycles. The Morgan fingerprint density at radius 3 is 2.75 bits per heavy atom.